The van der Waals surface area contributed by atoms with Crippen LogP contribution in [0.1, 0.15) is 23.1 Å². The average Bonchev–Trinajstić information content (AvgIpc) is 2.64. The van der Waals surface area contributed by atoms with E-state index in [1.54, 1.807) is 0 Å². The predicted molar refractivity (Wildman–Crippen MR) is 103 cm³/mol. The van der Waals surface area contributed by atoms with Crippen LogP contribution >= 0.6 is 0 Å². The van der Waals surface area contributed by atoms with Crippen LogP contribution in [0.2, 0.25) is 0 Å². The monoisotopic (exact) mass is 411 g/mol. The van der Waals surface area contributed by atoms with Crippen molar-refractivity contribution in [1.82, 2.24) is 0 Å². The van der Waals surface area contributed by atoms with E-state index in [1.807, 2.05) is 32.0 Å². The molecule has 0 unspecified atom stereocenters. The van der Waals surface area contributed by atoms with E-state index in [0.29, 0.717) is 5.75 Å². The molecule has 0 fully saturated rings. The smallest absolute Gasteiger partial charge is 0.416 e. The molecule has 0 heterocycles. The first kappa shape index (κ1) is 22.5. The van der Waals surface area contributed by atoms with Gasteiger partial charge < -0.3 is 19.5 Å². The van der Waals surface area contributed by atoms with Crippen molar-refractivity contribution in [3.05, 3.63) is 53.1 Å². The van der Waals surface area contributed by atoms with Crippen LogP contribution in [0.4, 0.5) is 18.9 Å². The molecule has 1 N–H and O–H groups in total. The molecule has 8 heteroatoms. The number of carbonyl (C=O) groups is 1. The maximum atomic E-state index is 13.0. The van der Waals surface area contributed by atoms with Crippen molar-refractivity contribution in [2.45, 2.75) is 26.4 Å². The number of aryl methyl sites for hydroxylation is 2. The van der Waals surface area contributed by atoms with Gasteiger partial charge >= 0.3 is 6.18 Å². The van der Waals surface area contributed by atoms with Crippen molar-refractivity contribution < 1.29 is 32.2 Å². The van der Waals surface area contributed by atoms with Crippen molar-refractivity contribution in [1.29, 1.82) is 0 Å². The van der Waals surface area contributed by atoms with E-state index in [-0.39, 0.29) is 37.7 Å². The number of halogens is 3. The van der Waals surface area contributed by atoms with Crippen LogP contribution < -0.4 is 14.8 Å². The molecule has 2 aromatic rings. The van der Waals surface area contributed by atoms with Crippen LogP contribution in [0.25, 0.3) is 0 Å². The third-order valence-corrected chi connectivity index (χ3v) is 4.11. The number of nitrogens with one attached hydrogen (secondary N) is 1. The Labute approximate surface area is 167 Å². The van der Waals surface area contributed by atoms with Gasteiger partial charge in [0.15, 0.2) is 0 Å². The molecule has 0 aliphatic carbocycles. The summed E-state index contributed by atoms with van der Waals surface area (Å²) in [5.41, 5.74) is 0.959. The number of methoxy groups -OCH3 is 1. The van der Waals surface area contributed by atoms with Crippen LogP contribution in [-0.4, -0.2) is 32.8 Å². The van der Waals surface area contributed by atoms with E-state index in [1.165, 1.54) is 13.2 Å². The van der Waals surface area contributed by atoms with Crippen molar-refractivity contribution >= 4 is 11.6 Å². The Hall–Kier alpha value is -2.74. The largest absolute Gasteiger partial charge is 0.493 e. The molecule has 0 aliphatic rings. The van der Waals surface area contributed by atoms with Crippen LogP contribution in [0, 0.1) is 13.8 Å². The Morgan fingerprint density at radius 1 is 1.00 bits per heavy atom. The standard InChI is InChI=1S/C21H24F3NO4/c1-14-5-4-6-15(2)20(14)29-10-9-19(26)25-17-13-16(21(22,23)24)7-8-18(17)28-12-11-27-3/h4-8,13H,9-12H2,1-3H3,(H,25,26). The molecule has 0 saturated heterocycles. The summed E-state index contributed by atoms with van der Waals surface area (Å²) in [5.74, 6) is 0.356. The van der Waals surface area contributed by atoms with Gasteiger partial charge in [-0.1, -0.05) is 18.2 Å². The van der Waals surface area contributed by atoms with Gasteiger partial charge in [-0.15, -0.1) is 0 Å². The Balaban J connectivity index is 2.04. The highest BCUT2D eigenvalue weighted by Gasteiger charge is 2.31. The summed E-state index contributed by atoms with van der Waals surface area (Å²) < 4.78 is 55.0. The summed E-state index contributed by atoms with van der Waals surface area (Å²) in [4.78, 5) is 12.3. The summed E-state index contributed by atoms with van der Waals surface area (Å²) in [6.07, 6.45) is -4.56. The summed E-state index contributed by atoms with van der Waals surface area (Å²) in [6.45, 7) is 4.29. The minimum absolute atomic E-state index is 0.0263. The van der Waals surface area contributed by atoms with Crippen molar-refractivity contribution in [2.24, 2.45) is 0 Å². The number of rotatable bonds is 9. The maximum absolute atomic E-state index is 13.0. The van der Waals surface area contributed by atoms with E-state index in [2.05, 4.69) is 5.32 Å². The first-order valence-electron chi connectivity index (χ1n) is 9.04. The fourth-order valence-corrected chi connectivity index (χ4v) is 2.65. The molecule has 0 saturated carbocycles. The predicted octanol–water partition coefficient (Wildman–Crippen LogP) is 4.76. The molecule has 1 amide bonds. The molecule has 0 aromatic heterocycles. The van der Waals surface area contributed by atoms with Crippen molar-refractivity contribution in [3.8, 4) is 11.5 Å². The number of para-hydroxylation sites is 1. The second-order valence-electron chi connectivity index (χ2n) is 6.42. The molecular weight excluding hydrogens is 387 g/mol. The first-order valence-corrected chi connectivity index (χ1v) is 9.04. The van der Waals surface area contributed by atoms with Crippen LogP contribution in [-0.2, 0) is 15.7 Å². The van der Waals surface area contributed by atoms with E-state index in [4.69, 9.17) is 14.2 Å². The molecule has 2 aromatic carbocycles. The molecule has 0 bridgehead atoms. The lowest BCUT2D eigenvalue weighted by Gasteiger charge is -2.16. The summed E-state index contributed by atoms with van der Waals surface area (Å²) in [7, 11) is 1.48. The molecule has 0 spiro atoms. The quantitative estimate of drug-likeness (QED) is 0.605. The highest BCUT2D eigenvalue weighted by molar-refractivity contribution is 5.92. The molecule has 0 radical (unpaired) electrons. The van der Waals surface area contributed by atoms with E-state index >= 15 is 0 Å². The number of anilines is 1. The summed E-state index contributed by atoms with van der Waals surface area (Å²) >= 11 is 0. The normalized spacial score (nSPS) is 11.2. The highest BCUT2D eigenvalue weighted by Crippen LogP contribution is 2.35. The Bertz CT molecular complexity index is 817. The number of amides is 1. The lowest BCUT2D eigenvalue weighted by molar-refractivity contribution is -0.137. The minimum Gasteiger partial charge on any atom is -0.493 e. The van der Waals surface area contributed by atoms with Crippen LogP contribution in [0.15, 0.2) is 36.4 Å². The van der Waals surface area contributed by atoms with Gasteiger partial charge in [-0.25, -0.2) is 0 Å². The van der Waals surface area contributed by atoms with Crippen LogP contribution in [0.3, 0.4) is 0 Å². The van der Waals surface area contributed by atoms with Gasteiger partial charge in [0.1, 0.15) is 18.1 Å². The van der Waals surface area contributed by atoms with Gasteiger partial charge in [0.05, 0.1) is 30.9 Å². The summed E-state index contributed by atoms with van der Waals surface area (Å²) in [5, 5.41) is 2.48. The van der Waals surface area contributed by atoms with Crippen LogP contribution in [0.5, 0.6) is 11.5 Å². The molecule has 29 heavy (non-hydrogen) atoms. The first-order chi connectivity index (χ1) is 13.7. The van der Waals surface area contributed by atoms with Crippen molar-refractivity contribution in [3.63, 3.8) is 0 Å². The number of hydrogen-bond donors (Lipinski definition) is 1. The zero-order chi connectivity index (χ0) is 21.4. The minimum atomic E-state index is -4.53. The number of hydrogen-bond acceptors (Lipinski definition) is 4. The zero-order valence-electron chi connectivity index (χ0n) is 16.6. The highest BCUT2D eigenvalue weighted by atomic mass is 19.4. The lowest BCUT2D eigenvalue weighted by atomic mass is 10.1. The molecule has 0 atom stereocenters. The van der Waals surface area contributed by atoms with Gasteiger partial charge in [0.2, 0.25) is 5.91 Å². The summed E-state index contributed by atoms with van der Waals surface area (Å²) in [6, 6.07) is 8.64. The van der Waals surface area contributed by atoms with Gasteiger partial charge in [-0.05, 0) is 43.2 Å². The van der Waals surface area contributed by atoms with Gasteiger partial charge in [-0.3, -0.25) is 4.79 Å². The number of alkyl halides is 3. The third-order valence-electron chi connectivity index (χ3n) is 4.11. The average molecular weight is 411 g/mol. The molecule has 0 aliphatic heterocycles. The Morgan fingerprint density at radius 2 is 1.69 bits per heavy atom. The van der Waals surface area contributed by atoms with E-state index in [9.17, 15) is 18.0 Å². The third kappa shape index (κ3) is 6.67. The molecule has 5 nitrogen and oxygen atoms in total. The topological polar surface area (TPSA) is 56.8 Å². The fourth-order valence-electron chi connectivity index (χ4n) is 2.65. The number of carbonyl (C=O) groups excluding carboxylic acids is 1. The lowest BCUT2D eigenvalue weighted by Crippen LogP contribution is -2.17. The molecule has 158 valence electrons. The van der Waals surface area contributed by atoms with E-state index < -0.39 is 17.6 Å². The molecule has 2 rings (SSSR count). The van der Waals surface area contributed by atoms with Crippen molar-refractivity contribution in [2.75, 3.05) is 32.2 Å². The van der Waals surface area contributed by atoms with E-state index in [0.717, 1.165) is 23.3 Å². The maximum Gasteiger partial charge on any atom is 0.416 e. The molecular formula is C21H24F3NO4. The Kier molecular flexibility index (Phi) is 7.90. The van der Waals surface area contributed by atoms with Gasteiger partial charge in [0, 0.05) is 7.11 Å². The second-order valence-corrected chi connectivity index (χ2v) is 6.42. The SMILES string of the molecule is COCCOc1ccc(C(F)(F)F)cc1NC(=O)CCOc1c(C)cccc1C. The second kappa shape index (κ2) is 10.2. The number of benzene rings is 2. The zero-order valence-corrected chi connectivity index (χ0v) is 16.6. The fraction of sp³-hybridized carbons (Fsp3) is 0.381. The van der Waals surface area contributed by atoms with Gasteiger partial charge in [-0.2, -0.15) is 13.2 Å². The van der Waals surface area contributed by atoms with Gasteiger partial charge in [0.25, 0.3) is 0 Å². The Morgan fingerprint density at radius 3 is 2.31 bits per heavy atom. The number of ether oxygens (including phenoxy) is 3.